The Morgan fingerprint density at radius 1 is 1.56 bits per heavy atom. The molecule has 98 valence electrons. The van der Waals surface area contributed by atoms with Gasteiger partial charge < -0.3 is 10.1 Å². The molecule has 0 bridgehead atoms. The van der Waals surface area contributed by atoms with Crippen LogP contribution < -0.4 is 10.1 Å². The van der Waals surface area contributed by atoms with Gasteiger partial charge in [0, 0.05) is 18.9 Å². The zero-order chi connectivity index (χ0) is 13.0. The summed E-state index contributed by atoms with van der Waals surface area (Å²) in [5, 5.41) is 3.20. The van der Waals surface area contributed by atoms with Crippen LogP contribution in [-0.4, -0.2) is 26.0 Å². The second-order valence-corrected chi connectivity index (χ2v) is 4.62. The predicted molar refractivity (Wildman–Crippen MR) is 67.3 cm³/mol. The Balaban J connectivity index is 2.06. The van der Waals surface area contributed by atoms with Crippen LogP contribution in [0.1, 0.15) is 18.4 Å². The van der Waals surface area contributed by atoms with Crippen LogP contribution >= 0.6 is 0 Å². The Hall–Kier alpha value is -1.42. The second kappa shape index (κ2) is 5.96. The third-order valence-electron chi connectivity index (χ3n) is 3.38. The molecular weight excluding hydrogens is 233 g/mol. The zero-order valence-electron chi connectivity index (χ0n) is 10.5. The molecule has 1 saturated heterocycles. The monoisotopic (exact) mass is 251 g/mol. The number of carbonyl (C=O) groups is 1. The van der Waals surface area contributed by atoms with Crippen molar-refractivity contribution in [3.8, 4) is 5.75 Å². The maximum absolute atomic E-state index is 13.9. The van der Waals surface area contributed by atoms with Gasteiger partial charge in [0.2, 0.25) is 0 Å². The molecule has 1 aromatic rings. The number of Topliss-reactive ketones (excluding diaryl/α,β-unsaturated/α-hetero) is 1. The highest BCUT2D eigenvalue weighted by Gasteiger charge is 2.22. The summed E-state index contributed by atoms with van der Waals surface area (Å²) in [5.41, 5.74) is 0.421. The summed E-state index contributed by atoms with van der Waals surface area (Å²) in [5.74, 6) is -0.0992. The molecule has 0 aromatic heterocycles. The van der Waals surface area contributed by atoms with E-state index in [4.69, 9.17) is 4.74 Å². The Kier molecular flexibility index (Phi) is 4.31. The molecule has 4 heteroatoms. The van der Waals surface area contributed by atoms with E-state index < -0.39 is 5.82 Å². The topological polar surface area (TPSA) is 38.3 Å². The summed E-state index contributed by atoms with van der Waals surface area (Å²) >= 11 is 0. The van der Waals surface area contributed by atoms with Gasteiger partial charge in [-0.3, -0.25) is 4.79 Å². The summed E-state index contributed by atoms with van der Waals surface area (Å²) in [6.07, 6.45) is 2.06. The first-order valence-corrected chi connectivity index (χ1v) is 6.27. The maximum Gasteiger partial charge on any atom is 0.168 e. The quantitative estimate of drug-likeness (QED) is 0.888. The number of carbonyl (C=O) groups excluding carboxylic acids is 1. The fourth-order valence-electron chi connectivity index (χ4n) is 2.31. The van der Waals surface area contributed by atoms with Crippen molar-refractivity contribution in [2.24, 2.45) is 5.92 Å². The maximum atomic E-state index is 13.9. The predicted octanol–water partition coefficient (Wildman–Crippen LogP) is 1.95. The molecule has 1 unspecified atom stereocenters. The SMILES string of the molecule is COc1cccc(CC(=O)C2CCCNC2)c1F. The first-order valence-electron chi connectivity index (χ1n) is 6.27. The molecular formula is C14H18FNO2. The van der Waals surface area contributed by atoms with Crippen LogP contribution in [0.3, 0.4) is 0 Å². The number of methoxy groups -OCH3 is 1. The minimum Gasteiger partial charge on any atom is -0.494 e. The van der Waals surface area contributed by atoms with E-state index in [0.717, 1.165) is 19.4 Å². The van der Waals surface area contributed by atoms with Gasteiger partial charge in [0.05, 0.1) is 7.11 Å². The lowest BCUT2D eigenvalue weighted by molar-refractivity contribution is -0.122. The number of benzene rings is 1. The van der Waals surface area contributed by atoms with E-state index in [9.17, 15) is 9.18 Å². The number of halogens is 1. The van der Waals surface area contributed by atoms with Gasteiger partial charge in [-0.1, -0.05) is 12.1 Å². The summed E-state index contributed by atoms with van der Waals surface area (Å²) in [4.78, 5) is 12.1. The van der Waals surface area contributed by atoms with Crippen LogP contribution in [0.5, 0.6) is 5.75 Å². The molecule has 0 radical (unpaired) electrons. The van der Waals surface area contributed by atoms with Gasteiger partial charge in [0.25, 0.3) is 0 Å². The number of piperidine rings is 1. The highest BCUT2D eigenvalue weighted by molar-refractivity contribution is 5.83. The highest BCUT2D eigenvalue weighted by atomic mass is 19.1. The normalized spacial score (nSPS) is 19.6. The van der Waals surface area contributed by atoms with Gasteiger partial charge in [0.15, 0.2) is 11.6 Å². The van der Waals surface area contributed by atoms with Crippen LogP contribution in [-0.2, 0) is 11.2 Å². The van der Waals surface area contributed by atoms with Crippen molar-refractivity contribution in [3.63, 3.8) is 0 Å². The zero-order valence-corrected chi connectivity index (χ0v) is 10.5. The third kappa shape index (κ3) is 2.88. The van der Waals surface area contributed by atoms with Crippen molar-refractivity contribution in [1.82, 2.24) is 5.32 Å². The van der Waals surface area contributed by atoms with Crippen LogP contribution in [0.2, 0.25) is 0 Å². The van der Waals surface area contributed by atoms with Crippen LogP contribution in [0.15, 0.2) is 18.2 Å². The van der Waals surface area contributed by atoms with Crippen molar-refractivity contribution in [3.05, 3.63) is 29.6 Å². The number of ether oxygens (including phenoxy) is 1. The highest BCUT2D eigenvalue weighted by Crippen LogP contribution is 2.22. The molecule has 1 fully saturated rings. The van der Waals surface area contributed by atoms with Crippen LogP contribution in [0.25, 0.3) is 0 Å². The minimum absolute atomic E-state index is 0.0179. The van der Waals surface area contributed by atoms with Crippen molar-refractivity contribution >= 4 is 5.78 Å². The number of hydrogen-bond acceptors (Lipinski definition) is 3. The molecule has 1 N–H and O–H groups in total. The number of hydrogen-bond donors (Lipinski definition) is 1. The Morgan fingerprint density at radius 2 is 2.39 bits per heavy atom. The smallest absolute Gasteiger partial charge is 0.168 e. The summed E-state index contributed by atoms with van der Waals surface area (Å²) in [6.45, 7) is 1.68. The second-order valence-electron chi connectivity index (χ2n) is 4.62. The van der Waals surface area contributed by atoms with Gasteiger partial charge in [-0.05, 0) is 31.0 Å². The number of rotatable bonds is 4. The van der Waals surface area contributed by atoms with Gasteiger partial charge in [0.1, 0.15) is 5.78 Å². The van der Waals surface area contributed by atoms with E-state index in [-0.39, 0.29) is 23.9 Å². The number of nitrogens with one attached hydrogen (secondary N) is 1. The fraction of sp³-hybridized carbons (Fsp3) is 0.500. The lowest BCUT2D eigenvalue weighted by atomic mass is 9.91. The van der Waals surface area contributed by atoms with Gasteiger partial charge in [-0.2, -0.15) is 0 Å². The summed E-state index contributed by atoms with van der Waals surface area (Å²) in [7, 11) is 1.43. The lowest BCUT2D eigenvalue weighted by Gasteiger charge is -2.21. The standard InChI is InChI=1S/C14H18FNO2/c1-18-13-6-2-4-10(14(13)15)8-12(17)11-5-3-7-16-9-11/h2,4,6,11,16H,3,5,7-9H2,1H3. The van der Waals surface area contributed by atoms with E-state index in [2.05, 4.69) is 5.32 Å². The first-order chi connectivity index (χ1) is 8.72. The van der Waals surface area contributed by atoms with Crippen LogP contribution in [0.4, 0.5) is 4.39 Å². The van der Waals surface area contributed by atoms with Crippen molar-refractivity contribution < 1.29 is 13.9 Å². The molecule has 2 rings (SSSR count). The molecule has 1 heterocycles. The van der Waals surface area contributed by atoms with Gasteiger partial charge >= 0.3 is 0 Å². The van der Waals surface area contributed by atoms with Crippen molar-refractivity contribution in [2.45, 2.75) is 19.3 Å². The summed E-state index contributed by atoms with van der Waals surface area (Å²) < 4.78 is 18.8. The Bertz CT molecular complexity index is 428. The van der Waals surface area contributed by atoms with Gasteiger partial charge in [-0.25, -0.2) is 4.39 Å². The molecule has 0 amide bonds. The Morgan fingerprint density at radius 3 is 3.06 bits per heavy atom. The molecule has 3 nitrogen and oxygen atoms in total. The first kappa shape index (κ1) is 13.0. The molecule has 1 atom stereocenters. The molecule has 0 saturated carbocycles. The van der Waals surface area contributed by atoms with E-state index >= 15 is 0 Å². The van der Waals surface area contributed by atoms with E-state index in [0.29, 0.717) is 12.1 Å². The summed E-state index contributed by atoms with van der Waals surface area (Å²) in [6, 6.07) is 4.92. The molecule has 18 heavy (non-hydrogen) atoms. The lowest BCUT2D eigenvalue weighted by Crippen LogP contribution is -2.35. The molecule has 1 aromatic carbocycles. The average Bonchev–Trinajstić information content (AvgIpc) is 2.42. The number of ketones is 1. The molecule has 1 aliphatic heterocycles. The van der Waals surface area contributed by atoms with E-state index in [1.807, 2.05) is 0 Å². The van der Waals surface area contributed by atoms with Gasteiger partial charge in [-0.15, -0.1) is 0 Å². The minimum atomic E-state index is -0.419. The largest absolute Gasteiger partial charge is 0.494 e. The third-order valence-corrected chi connectivity index (χ3v) is 3.38. The van der Waals surface area contributed by atoms with Crippen LogP contribution in [0, 0.1) is 11.7 Å². The van der Waals surface area contributed by atoms with Crippen molar-refractivity contribution in [2.75, 3.05) is 20.2 Å². The van der Waals surface area contributed by atoms with E-state index in [1.54, 1.807) is 18.2 Å². The molecule has 1 aliphatic rings. The van der Waals surface area contributed by atoms with Crippen molar-refractivity contribution in [1.29, 1.82) is 0 Å². The fourth-order valence-corrected chi connectivity index (χ4v) is 2.31. The molecule has 0 aliphatic carbocycles. The average molecular weight is 251 g/mol. The molecule has 0 spiro atoms. The Labute approximate surface area is 106 Å². The van der Waals surface area contributed by atoms with E-state index in [1.165, 1.54) is 7.11 Å².